The Balaban J connectivity index is 1.70. The smallest absolute Gasteiger partial charge is 0.255 e. The van der Waals surface area contributed by atoms with E-state index in [-0.39, 0.29) is 5.91 Å². The number of aryl methyl sites for hydroxylation is 1. The van der Waals surface area contributed by atoms with Crippen LogP contribution in [0.15, 0.2) is 60.8 Å². The number of hydrogen-bond acceptors (Lipinski definition) is 3. The highest BCUT2D eigenvalue weighted by atomic mass is 35.5. The van der Waals surface area contributed by atoms with Crippen molar-refractivity contribution in [3.63, 3.8) is 0 Å². The molecule has 0 unspecified atom stereocenters. The van der Waals surface area contributed by atoms with E-state index in [0.717, 1.165) is 5.56 Å². The van der Waals surface area contributed by atoms with Crippen LogP contribution in [-0.2, 0) is 0 Å². The molecule has 25 heavy (non-hydrogen) atoms. The Morgan fingerprint density at radius 1 is 0.960 bits per heavy atom. The Morgan fingerprint density at radius 2 is 1.64 bits per heavy atom. The number of amides is 1. The number of aromatic nitrogens is 1. The van der Waals surface area contributed by atoms with E-state index in [2.05, 4.69) is 15.6 Å². The van der Waals surface area contributed by atoms with Gasteiger partial charge in [-0.25, -0.2) is 4.98 Å². The zero-order chi connectivity index (χ0) is 17.8. The molecule has 126 valence electrons. The molecule has 0 saturated carbocycles. The van der Waals surface area contributed by atoms with E-state index in [1.807, 2.05) is 19.1 Å². The zero-order valence-electron chi connectivity index (χ0n) is 13.4. The molecule has 0 atom stereocenters. The molecule has 0 bridgehead atoms. The summed E-state index contributed by atoms with van der Waals surface area (Å²) >= 11 is 12.3. The third kappa shape index (κ3) is 4.29. The lowest BCUT2D eigenvalue weighted by Crippen LogP contribution is -2.12. The van der Waals surface area contributed by atoms with Crippen LogP contribution in [0.5, 0.6) is 0 Å². The van der Waals surface area contributed by atoms with Gasteiger partial charge in [-0.15, -0.1) is 0 Å². The fourth-order valence-corrected chi connectivity index (χ4v) is 2.69. The van der Waals surface area contributed by atoms with Crippen LogP contribution in [0, 0.1) is 6.92 Å². The largest absolute Gasteiger partial charge is 0.338 e. The van der Waals surface area contributed by atoms with Gasteiger partial charge in [0.1, 0.15) is 5.82 Å². The lowest BCUT2D eigenvalue weighted by Gasteiger charge is -2.10. The monoisotopic (exact) mass is 371 g/mol. The van der Waals surface area contributed by atoms with Gasteiger partial charge in [0.05, 0.1) is 27.6 Å². The molecule has 6 heteroatoms. The molecule has 2 aromatic carbocycles. The highest BCUT2D eigenvalue weighted by Crippen LogP contribution is 2.32. The second-order valence-electron chi connectivity index (χ2n) is 5.47. The van der Waals surface area contributed by atoms with Crippen molar-refractivity contribution in [3.8, 4) is 0 Å². The molecular formula is C19H15Cl2N3O. The minimum absolute atomic E-state index is 0.184. The van der Waals surface area contributed by atoms with E-state index in [1.54, 1.807) is 48.7 Å². The Labute approximate surface area is 155 Å². The summed E-state index contributed by atoms with van der Waals surface area (Å²) in [7, 11) is 0. The maximum Gasteiger partial charge on any atom is 0.255 e. The molecule has 3 aromatic rings. The zero-order valence-corrected chi connectivity index (χ0v) is 14.9. The molecular weight excluding hydrogens is 357 g/mol. The predicted molar refractivity (Wildman–Crippen MR) is 103 cm³/mol. The van der Waals surface area contributed by atoms with Crippen LogP contribution in [0.4, 0.5) is 17.2 Å². The van der Waals surface area contributed by atoms with Gasteiger partial charge < -0.3 is 10.6 Å². The van der Waals surface area contributed by atoms with Crippen molar-refractivity contribution in [2.24, 2.45) is 0 Å². The van der Waals surface area contributed by atoms with Gasteiger partial charge in [-0.3, -0.25) is 4.79 Å². The minimum Gasteiger partial charge on any atom is -0.338 e. The molecule has 1 heterocycles. The molecule has 3 rings (SSSR count). The normalized spacial score (nSPS) is 10.4. The van der Waals surface area contributed by atoms with Gasteiger partial charge in [0.2, 0.25) is 0 Å². The molecule has 0 saturated heterocycles. The van der Waals surface area contributed by atoms with E-state index in [1.165, 1.54) is 0 Å². The summed E-state index contributed by atoms with van der Waals surface area (Å²) in [6.07, 6.45) is 1.57. The first-order chi connectivity index (χ1) is 12.0. The number of nitrogens with zero attached hydrogens (tertiary/aromatic N) is 1. The van der Waals surface area contributed by atoms with Crippen LogP contribution < -0.4 is 10.6 Å². The highest BCUT2D eigenvalue weighted by Gasteiger charge is 2.08. The second kappa shape index (κ2) is 7.55. The van der Waals surface area contributed by atoms with Crippen LogP contribution in [0.25, 0.3) is 0 Å². The molecule has 0 fully saturated rings. The van der Waals surface area contributed by atoms with E-state index in [9.17, 15) is 4.79 Å². The van der Waals surface area contributed by atoms with Crippen molar-refractivity contribution in [1.82, 2.24) is 4.98 Å². The minimum atomic E-state index is -0.184. The van der Waals surface area contributed by atoms with Gasteiger partial charge in [0, 0.05) is 5.56 Å². The van der Waals surface area contributed by atoms with Gasteiger partial charge in [0.25, 0.3) is 5.91 Å². The van der Waals surface area contributed by atoms with Crippen LogP contribution in [0.2, 0.25) is 10.0 Å². The van der Waals surface area contributed by atoms with Crippen molar-refractivity contribution in [2.45, 2.75) is 6.92 Å². The van der Waals surface area contributed by atoms with E-state index >= 15 is 0 Å². The number of carbonyl (C=O) groups excluding carboxylic acids is 1. The molecule has 0 aliphatic heterocycles. The van der Waals surface area contributed by atoms with Gasteiger partial charge in [-0.05, 0) is 43.3 Å². The first kappa shape index (κ1) is 17.3. The quantitative estimate of drug-likeness (QED) is 0.618. The Kier molecular flexibility index (Phi) is 5.22. The lowest BCUT2D eigenvalue weighted by molar-refractivity contribution is 0.102. The summed E-state index contributed by atoms with van der Waals surface area (Å²) in [6, 6.07) is 16.1. The number of carbonyl (C=O) groups is 1. The summed E-state index contributed by atoms with van der Waals surface area (Å²) in [4.78, 5) is 16.5. The van der Waals surface area contributed by atoms with Gasteiger partial charge >= 0.3 is 0 Å². The lowest BCUT2D eigenvalue weighted by atomic mass is 10.1. The van der Waals surface area contributed by atoms with Crippen molar-refractivity contribution in [1.29, 1.82) is 0 Å². The van der Waals surface area contributed by atoms with Crippen molar-refractivity contribution in [3.05, 3.63) is 82.0 Å². The Morgan fingerprint density at radius 3 is 2.24 bits per heavy atom. The average Bonchev–Trinajstić information content (AvgIpc) is 2.60. The highest BCUT2D eigenvalue weighted by molar-refractivity contribution is 6.39. The second-order valence-corrected chi connectivity index (χ2v) is 6.29. The first-order valence-electron chi connectivity index (χ1n) is 7.58. The van der Waals surface area contributed by atoms with Gasteiger partial charge in [0.15, 0.2) is 0 Å². The topological polar surface area (TPSA) is 54.0 Å². The summed E-state index contributed by atoms with van der Waals surface area (Å²) in [5.41, 5.74) is 2.89. The van der Waals surface area contributed by atoms with Gasteiger partial charge in [-0.1, -0.05) is 47.0 Å². The van der Waals surface area contributed by atoms with Crippen molar-refractivity contribution in [2.75, 3.05) is 10.6 Å². The number of pyridine rings is 1. The summed E-state index contributed by atoms with van der Waals surface area (Å²) in [5.74, 6) is 0.389. The van der Waals surface area contributed by atoms with E-state index < -0.39 is 0 Å². The van der Waals surface area contributed by atoms with E-state index in [0.29, 0.717) is 32.8 Å². The maximum atomic E-state index is 12.2. The fraction of sp³-hybridized carbons (Fsp3) is 0.0526. The van der Waals surface area contributed by atoms with Crippen molar-refractivity contribution < 1.29 is 4.79 Å². The Bertz CT molecular complexity index is 873. The Hall–Kier alpha value is -2.56. The number of hydrogen-bond donors (Lipinski definition) is 2. The molecule has 0 spiro atoms. The molecule has 0 aliphatic rings. The summed E-state index contributed by atoms with van der Waals surface area (Å²) < 4.78 is 0. The standard InChI is InChI=1S/C19H15Cl2N3O/c1-12-5-7-13(8-6-12)19(25)23-14-9-10-17(22-11-14)24-18-15(20)3-2-4-16(18)21/h2-11H,1H3,(H,22,24)(H,23,25). The predicted octanol–water partition coefficient (Wildman–Crippen LogP) is 5.69. The van der Waals surface area contributed by atoms with Gasteiger partial charge in [-0.2, -0.15) is 0 Å². The third-order valence-corrected chi connectivity index (χ3v) is 4.18. The number of rotatable bonds is 4. The molecule has 0 aliphatic carbocycles. The summed E-state index contributed by atoms with van der Waals surface area (Å²) in [6.45, 7) is 1.97. The number of nitrogens with one attached hydrogen (secondary N) is 2. The third-order valence-electron chi connectivity index (χ3n) is 3.55. The molecule has 4 nitrogen and oxygen atoms in total. The first-order valence-corrected chi connectivity index (χ1v) is 8.33. The molecule has 2 N–H and O–H groups in total. The van der Waals surface area contributed by atoms with Crippen molar-refractivity contribution >= 4 is 46.3 Å². The summed E-state index contributed by atoms with van der Waals surface area (Å²) in [5, 5.41) is 6.89. The number of para-hydroxylation sites is 1. The number of benzene rings is 2. The van der Waals surface area contributed by atoms with Crippen LogP contribution in [0.3, 0.4) is 0 Å². The maximum absolute atomic E-state index is 12.2. The molecule has 1 aromatic heterocycles. The van der Waals surface area contributed by atoms with E-state index in [4.69, 9.17) is 23.2 Å². The number of anilines is 3. The SMILES string of the molecule is Cc1ccc(C(=O)Nc2ccc(Nc3c(Cl)cccc3Cl)nc2)cc1. The van der Waals surface area contributed by atoms with Crippen LogP contribution >= 0.6 is 23.2 Å². The average molecular weight is 372 g/mol. The van der Waals surface area contributed by atoms with Crippen LogP contribution in [0.1, 0.15) is 15.9 Å². The molecule has 1 amide bonds. The fourth-order valence-electron chi connectivity index (χ4n) is 2.20. The number of halogens is 2. The van der Waals surface area contributed by atoms with Crippen LogP contribution in [-0.4, -0.2) is 10.9 Å². The molecule has 0 radical (unpaired) electrons.